The lowest BCUT2D eigenvalue weighted by Gasteiger charge is -2.17. The minimum atomic E-state index is -0.810. The number of phenols is 2. The highest BCUT2D eigenvalue weighted by molar-refractivity contribution is 8.13. The molecule has 2 N–H and O–H groups in total. The van der Waals surface area contributed by atoms with E-state index in [9.17, 15) is 25.1 Å². The van der Waals surface area contributed by atoms with Gasteiger partial charge in [0.1, 0.15) is 5.75 Å². The summed E-state index contributed by atoms with van der Waals surface area (Å²) in [6.45, 7) is 4.66. The highest BCUT2D eigenvalue weighted by Crippen LogP contribution is 2.38. The quantitative estimate of drug-likeness (QED) is 0.381. The maximum absolute atomic E-state index is 11.8. The van der Waals surface area contributed by atoms with Crippen molar-refractivity contribution >= 4 is 22.7 Å². The van der Waals surface area contributed by atoms with Crippen LogP contribution < -0.4 is 0 Å². The molecule has 104 valence electrons. The highest BCUT2D eigenvalue weighted by Gasteiger charge is 2.20. The minimum Gasteiger partial charge on any atom is -0.506 e. The van der Waals surface area contributed by atoms with Gasteiger partial charge in [0.15, 0.2) is 5.75 Å². The standard InChI is InChI=1S/C11H14N2O5S/c1-3-12(4-2)11(16)19-10-6-8(14)7(13(17)18)5-9(10)15/h5-6,14-15H,3-4H2,1-2H3. The van der Waals surface area contributed by atoms with E-state index in [1.165, 1.54) is 4.90 Å². The number of hydrogen-bond acceptors (Lipinski definition) is 6. The second-order valence-electron chi connectivity index (χ2n) is 3.61. The van der Waals surface area contributed by atoms with Crippen LogP contribution in [0.3, 0.4) is 0 Å². The Morgan fingerprint density at radius 2 is 1.89 bits per heavy atom. The summed E-state index contributed by atoms with van der Waals surface area (Å²) in [5.74, 6) is -0.993. The molecule has 1 amide bonds. The maximum Gasteiger partial charge on any atom is 0.314 e. The summed E-state index contributed by atoms with van der Waals surface area (Å²) in [5, 5.41) is 29.4. The third kappa shape index (κ3) is 3.50. The first kappa shape index (κ1) is 15.1. The molecule has 7 nitrogen and oxygen atoms in total. The normalized spacial score (nSPS) is 10.2. The van der Waals surface area contributed by atoms with Crippen LogP contribution in [-0.4, -0.2) is 38.4 Å². The zero-order chi connectivity index (χ0) is 14.6. The molecule has 0 heterocycles. The number of amides is 1. The number of nitro groups is 1. The average molecular weight is 286 g/mol. The van der Waals surface area contributed by atoms with E-state index in [0.717, 1.165) is 12.1 Å². The molecule has 0 saturated heterocycles. The fourth-order valence-electron chi connectivity index (χ4n) is 1.42. The number of benzene rings is 1. The molecule has 0 radical (unpaired) electrons. The van der Waals surface area contributed by atoms with Crippen LogP contribution in [0, 0.1) is 10.1 Å². The number of thioether (sulfide) groups is 1. The van der Waals surface area contributed by atoms with Crippen LogP contribution in [0.4, 0.5) is 10.5 Å². The largest absolute Gasteiger partial charge is 0.506 e. The summed E-state index contributed by atoms with van der Waals surface area (Å²) in [7, 11) is 0. The Labute approximate surface area is 114 Å². The summed E-state index contributed by atoms with van der Waals surface area (Å²) in [6, 6.07) is 1.84. The predicted molar refractivity (Wildman–Crippen MR) is 70.6 cm³/mol. The summed E-state index contributed by atoms with van der Waals surface area (Å²) in [5.41, 5.74) is -0.600. The van der Waals surface area contributed by atoms with Gasteiger partial charge in [0.05, 0.1) is 15.9 Å². The number of carbonyl (C=O) groups excluding carboxylic acids is 1. The maximum atomic E-state index is 11.8. The van der Waals surface area contributed by atoms with Crippen molar-refractivity contribution in [2.45, 2.75) is 18.7 Å². The molecule has 0 aromatic heterocycles. The Bertz CT molecular complexity index is 502. The van der Waals surface area contributed by atoms with Crippen LogP contribution in [0.1, 0.15) is 13.8 Å². The Morgan fingerprint density at radius 3 is 2.37 bits per heavy atom. The van der Waals surface area contributed by atoms with E-state index in [1.54, 1.807) is 0 Å². The van der Waals surface area contributed by atoms with Gasteiger partial charge in [0.2, 0.25) is 0 Å². The molecule has 1 aromatic rings. The SMILES string of the molecule is CCN(CC)C(=O)Sc1cc(O)c([N+](=O)[O-])cc1O. The topological polar surface area (TPSA) is 104 Å². The summed E-state index contributed by atoms with van der Waals surface area (Å²) in [6.07, 6.45) is 0. The lowest BCUT2D eigenvalue weighted by molar-refractivity contribution is -0.386. The van der Waals surface area contributed by atoms with Crippen molar-refractivity contribution in [1.29, 1.82) is 0 Å². The smallest absolute Gasteiger partial charge is 0.314 e. The van der Waals surface area contributed by atoms with E-state index in [-0.39, 0.29) is 10.1 Å². The first-order valence-corrected chi connectivity index (χ1v) is 6.39. The number of carbonyl (C=O) groups is 1. The zero-order valence-corrected chi connectivity index (χ0v) is 11.3. The Morgan fingerprint density at radius 1 is 1.32 bits per heavy atom. The molecule has 0 fully saturated rings. The number of rotatable bonds is 4. The van der Waals surface area contributed by atoms with Gasteiger partial charge in [-0.1, -0.05) is 0 Å². The predicted octanol–water partition coefficient (Wildman–Crippen LogP) is 2.56. The van der Waals surface area contributed by atoms with Crippen LogP contribution in [0.25, 0.3) is 0 Å². The molecule has 19 heavy (non-hydrogen) atoms. The molecule has 0 aliphatic heterocycles. The van der Waals surface area contributed by atoms with Gasteiger partial charge in [-0.05, 0) is 25.6 Å². The number of nitro benzene ring substituents is 1. The van der Waals surface area contributed by atoms with Crippen molar-refractivity contribution in [2.75, 3.05) is 13.1 Å². The van der Waals surface area contributed by atoms with E-state index in [4.69, 9.17) is 0 Å². The number of phenolic OH excluding ortho intramolecular Hbond substituents is 2. The molecule has 1 aromatic carbocycles. The van der Waals surface area contributed by atoms with Gasteiger partial charge in [0.25, 0.3) is 5.24 Å². The third-order valence-electron chi connectivity index (χ3n) is 2.47. The van der Waals surface area contributed by atoms with E-state index in [2.05, 4.69) is 0 Å². The van der Waals surface area contributed by atoms with Crippen LogP contribution in [0.5, 0.6) is 11.5 Å². The lowest BCUT2D eigenvalue weighted by Crippen LogP contribution is -2.26. The van der Waals surface area contributed by atoms with Gasteiger partial charge in [-0.3, -0.25) is 14.9 Å². The van der Waals surface area contributed by atoms with E-state index in [1.807, 2.05) is 13.8 Å². The molecular weight excluding hydrogens is 272 g/mol. The molecule has 1 rings (SSSR count). The molecule has 8 heteroatoms. The summed E-state index contributed by atoms with van der Waals surface area (Å²) >= 11 is 0.716. The molecule has 0 unspecified atom stereocenters. The Balaban J connectivity index is 3.00. The van der Waals surface area contributed by atoms with Crippen LogP contribution in [0.2, 0.25) is 0 Å². The molecule has 0 aliphatic carbocycles. The van der Waals surface area contributed by atoms with Gasteiger partial charge >= 0.3 is 5.69 Å². The summed E-state index contributed by atoms with van der Waals surface area (Å²) < 4.78 is 0. The van der Waals surface area contributed by atoms with Crippen LogP contribution >= 0.6 is 11.8 Å². The van der Waals surface area contributed by atoms with Gasteiger partial charge in [-0.2, -0.15) is 0 Å². The molecule has 0 spiro atoms. The molecule has 0 aliphatic rings. The van der Waals surface area contributed by atoms with Crippen molar-refractivity contribution in [1.82, 2.24) is 4.90 Å². The zero-order valence-electron chi connectivity index (χ0n) is 10.5. The van der Waals surface area contributed by atoms with E-state index < -0.39 is 22.1 Å². The van der Waals surface area contributed by atoms with Crippen molar-refractivity contribution in [3.05, 3.63) is 22.2 Å². The average Bonchev–Trinajstić information content (AvgIpc) is 2.34. The van der Waals surface area contributed by atoms with Gasteiger partial charge in [0, 0.05) is 19.2 Å². The van der Waals surface area contributed by atoms with Gasteiger partial charge in [-0.15, -0.1) is 0 Å². The first-order valence-electron chi connectivity index (χ1n) is 5.57. The van der Waals surface area contributed by atoms with Crippen LogP contribution in [0.15, 0.2) is 17.0 Å². The second-order valence-corrected chi connectivity index (χ2v) is 4.60. The van der Waals surface area contributed by atoms with Crippen molar-refractivity contribution in [2.24, 2.45) is 0 Å². The van der Waals surface area contributed by atoms with Crippen molar-refractivity contribution in [3.63, 3.8) is 0 Å². The molecule has 0 saturated carbocycles. The molecular formula is C11H14N2O5S. The number of aromatic hydroxyl groups is 2. The van der Waals surface area contributed by atoms with Gasteiger partial charge in [-0.25, -0.2) is 0 Å². The lowest BCUT2D eigenvalue weighted by atomic mass is 10.3. The summed E-state index contributed by atoms with van der Waals surface area (Å²) in [4.78, 5) is 23.2. The number of nitrogens with zero attached hydrogens (tertiary/aromatic N) is 2. The Kier molecular flexibility index (Phi) is 4.99. The van der Waals surface area contributed by atoms with Crippen LogP contribution in [-0.2, 0) is 0 Å². The van der Waals surface area contributed by atoms with E-state index in [0.29, 0.717) is 24.9 Å². The second kappa shape index (κ2) is 6.28. The monoisotopic (exact) mass is 286 g/mol. The van der Waals surface area contributed by atoms with Gasteiger partial charge < -0.3 is 15.1 Å². The van der Waals surface area contributed by atoms with E-state index >= 15 is 0 Å². The fraction of sp³-hybridized carbons (Fsp3) is 0.364. The highest BCUT2D eigenvalue weighted by atomic mass is 32.2. The number of hydrogen-bond donors (Lipinski definition) is 2. The molecule has 0 atom stereocenters. The first-order chi connectivity index (χ1) is 8.90. The molecule has 0 bridgehead atoms. The minimum absolute atomic E-state index is 0.0833. The van der Waals surface area contributed by atoms with Crippen molar-refractivity contribution < 1.29 is 19.9 Å². The fourth-order valence-corrected chi connectivity index (χ4v) is 2.32. The third-order valence-corrected chi connectivity index (χ3v) is 3.45. The van der Waals surface area contributed by atoms with Crippen molar-refractivity contribution in [3.8, 4) is 11.5 Å². The Hall–Kier alpha value is -1.96.